The molecule has 0 aliphatic heterocycles. The Morgan fingerprint density at radius 3 is 2.67 bits per heavy atom. The first-order valence-electron chi connectivity index (χ1n) is 7.16. The first-order valence-corrected chi connectivity index (χ1v) is 7.16. The highest BCUT2D eigenvalue weighted by Crippen LogP contribution is 2.15. The molecule has 0 spiro atoms. The molecule has 1 atom stereocenters. The van der Waals surface area contributed by atoms with Crippen LogP contribution in [0.2, 0.25) is 0 Å². The Morgan fingerprint density at radius 1 is 1.17 bits per heavy atom. The largest absolute Gasteiger partial charge is 0.497 e. The quantitative estimate of drug-likeness (QED) is 0.719. The van der Waals surface area contributed by atoms with Gasteiger partial charge in [0.05, 0.1) is 7.11 Å². The minimum Gasteiger partial charge on any atom is -0.497 e. The van der Waals surface area contributed by atoms with Crippen LogP contribution in [0.15, 0.2) is 24.3 Å². The Hall–Kier alpha value is -1.02. The third-order valence-corrected chi connectivity index (χ3v) is 3.24. The molecule has 102 valence electrons. The molecule has 1 rings (SSSR count). The average molecular weight is 249 g/mol. The molecule has 0 radical (unpaired) electrons. The van der Waals surface area contributed by atoms with Crippen molar-refractivity contribution in [3.63, 3.8) is 0 Å². The van der Waals surface area contributed by atoms with E-state index in [1.54, 1.807) is 7.11 Å². The number of hydrogen-bond donors (Lipinski definition) is 1. The third kappa shape index (κ3) is 5.54. The van der Waals surface area contributed by atoms with E-state index in [1.165, 1.54) is 31.2 Å². The van der Waals surface area contributed by atoms with Gasteiger partial charge in [0.25, 0.3) is 0 Å². The molecule has 2 nitrogen and oxygen atoms in total. The smallest absolute Gasteiger partial charge is 0.119 e. The number of ether oxygens (including phenoxy) is 1. The van der Waals surface area contributed by atoms with Gasteiger partial charge in [-0.3, -0.25) is 0 Å². The summed E-state index contributed by atoms with van der Waals surface area (Å²) < 4.78 is 5.26. The predicted octanol–water partition coefficient (Wildman–Crippen LogP) is 3.80. The number of aryl methyl sites for hydroxylation is 1. The fourth-order valence-electron chi connectivity index (χ4n) is 2.21. The van der Waals surface area contributed by atoms with E-state index in [4.69, 9.17) is 4.74 Å². The second kappa shape index (κ2) is 8.98. The molecule has 0 heterocycles. The highest BCUT2D eigenvalue weighted by atomic mass is 16.5. The maximum atomic E-state index is 5.26. The van der Waals surface area contributed by atoms with Gasteiger partial charge in [0, 0.05) is 6.04 Å². The zero-order chi connectivity index (χ0) is 13.2. The highest BCUT2D eigenvalue weighted by Gasteiger charge is 2.07. The van der Waals surface area contributed by atoms with E-state index in [0.717, 1.165) is 18.7 Å². The lowest BCUT2D eigenvalue weighted by molar-refractivity contribution is 0.413. The van der Waals surface area contributed by atoms with Gasteiger partial charge < -0.3 is 10.1 Å². The molecular weight excluding hydrogens is 222 g/mol. The first kappa shape index (κ1) is 15.0. The zero-order valence-electron chi connectivity index (χ0n) is 12.0. The van der Waals surface area contributed by atoms with Gasteiger partial charge in [0.15, 0.2) is 0 Å². The predicted molar refractivity (Wildman–Crippen MR) is 78.3 cm³/mol. The van der Waals surface area contributed by atoms with Gasteiger partial charge in [0.2, 0.25) is 0 Å². The van der Waals surface area contributed by atoms with Gasteiger partial charge in [0.1, 0.15) is 5.75 Å². The summed E-state index contributed by atoms with van der Waals surface area (Å²) in [6.07, 6.45) is 6.06. The number of methoxy groups -OCH3 is 1. The Balaban J connectivity index is 2.44. The summed E-state index contributed by atoms with van der Waals surface area (Å²) >= 11 is 0. The number of rotatable bonds is 9. The van der Waals surface area contributed by atoms with Crippen molar-refractivity contribution in [1.82, 2.24) is 5.32 Å². The maximum absolute atomic E-state index is 5.26. The molecular formula is C16H27NO. The van der Waals surface area contributed by atoms with E-state index >= 15 is 0 Å². The van der Waals surface area contributed by atoms with Gasteiger partial charge in [-0.1, -0.05) is 32.4 Å². The second-order valence-corrected chi connectivity index (χ2v) is 4.83. The minimum absolute atomic E-state index is 0.654. The molecule has 0 saturated carbocycles. The molecule has 0 aliphatic carbocycles. The fraction of sp³-hybridized carbons (Fsp3) is 0.625. The summed E-state index contributed by atoms with van der Waals surface area (Å²) in [6.45, 7) is 5.60. The molecule has 0 fully saturated rings. The lowest BCUT2D eigenvalue weighted by Gasteiger charge is -2.17. The lowest BCUT2D eigenvalue weighted by atomic mass is 10.0. The van der Waals surface area contributed by atoms with Crippen LogP contribution in [0.25, 0.3) is 0 Å². The molecule has 1 aromatic rings. The van der Waals surface area contributed by atoms with E-state index in [0.29, 0.717) is 6.04 Å². The SMILES string of the molecule is CCCNC(CCC)CCc1cccc(OC)c1. The summed E-state index contributed by atoms with van der Waals surface area (Å²) in [6, 6.07) is 9.06. The molecule has 1 aromatic carbocycles. The summed E-state index contributed by atoms with van der Waals surface area (Å²) in [5.41, 5.74) is 1.37. The third-order valence-electron chi connectivity index (χ3n) is 3.24. The van der Waals surface area contributed by atoms with Crippen molar-refractivity contribution >= 4 is 0 Å². The van der Waals surface area contributed by atoms with Crippen molar-refractivity contribution in [2.45, 2.75) is 52.0 Å². The van der Waals surface area contributed by atoms with Crippen molar-refractivity contribution in [3.05, 3.63) is 29.8 Å². The van der Waals surface area contributed by atoms with Gasteiger partial charge in [-0.2, -0.15) is 0 Å². The van der Waals surface area contributed by atoms with E-state index in [2.05, 4.69) is 37.4 Å². The minimum atomic E-state index is 0.654. The highest BCUT2D eigenvalue weighted by molar-refractivity contribution is 5.28. The molecule has 1 unspecified atom stereocenters. The zero-order valence-corrected chi connectivity index (χ0v) is 12.0. The Labute approximate surface area is 112 Å². The standard InChI is InChI=1S/C16H27NO/c1-4-7-15(17-12-5-2)11-10-14-8-6-9-16(13-14)18-3/h6,8-9,13,15,17H,4-5,7,10-12H2,1-3H3. The Bertz CT molecular complexity index is 325. The van der Waals surface area contributed by atoms with E-state index in [-0.39, 0.29) is 0 Å². The van der Waals surface area contributed by atoms with Gasteiger partial charge in [-0.15, -0.1) is 0 Å². The van der Waals surface area contributed by atoms with Crippen molar-refractivity contribution in [2.24, 2.45) is 0 Å². The number of benzene rings is 1. The summed E-state index contributed by atoms with van der Waals surface area (Å²) in [5, 5.41) is 3.64. The monoisotopic (exact) mass is 249 g/mol. The molecule has 1 N–H and O–H groups in total. The molecule has 18 heavy (non-hydrogen) atoms. The van der Waals surface area contributed by atoms with Crippen LogP contribution in [0.1, 0.15) is 45.1 Å². The van der Waals surface area contributed by atoms with Crippen LogP contribution in [-0.4, -0.2) is 19.7 Å². The van der Waals surface area contributed by atoms with Crippen LogP contribution in [-0.2, 0) is 6.42 Å². The van der Waals surface area contributed by atoms with Crippen LogP contribution in [0, 0.1) is 0 Å². The fourth-order valence-corrected chi connectivity index (χ4v) is 2.21. The van der Waals surface area contributed by atoms with Crippen LogP contribution in [0.5, 0.6) is 5.75 Å². The van der Waals surface area contributed by atoms with Gasteiger partial charge >= 0.3 is 0 Å². The van der Waals surface area contributed by atoms with Crippen molar-refractivity contribution in [1.29, 1.82) is 0 Å². The van der Waals surface area contributed by atoms with Crippen LogP contribution >= 0.6 is 0 Å². The number of hydrogen-bond acceptors (Lipinski definition) is 2. The normalized spacial score (nSPS) is 12.4. The average Bonchev–Trinajstić information content (AvgIpc) is 2.42. The van der Waals surface area contributed by atoms with Gasteiger partial charge in [-0.25, -0.2) is 0 Å². The van der Waals surface area contributed by atoms with Crippen molar-refractivity contribution < 1.29 is 4.74 Å². The van der Waals surface area contributed by atoms with E-state index in [1.807, 2.05) is 6.07 Å². The molecule has 2 heteroatoms. The first-order chi connectivity index (χ1) is 8.80. The molecule has 0 aromatic heterocycles. The second-order valence-electron chi connectivity index (χ2n) is 4.83. The van der Waals surface area contributed by atoms with E-state index < -0.39 is 0 Å². The van der Waals surface area contributed by atoms with Gasteiger partial charge in [-0.05, 0) is 49.9 Å². The van der Waals surface area contributed by atoms with Crippen molar-refractivity contribution in [2.75, 3.05) is 13.7 Å². The summed E-state index contributed by atoms with van der Waals surface area (Å²) in [7, 11) is 1.72. The molecule has 0 amide bonds. The van der Waals surface area contributed by atoms with Crippen LogP contribution in [0.4, 0.5) is 0 Å². The number of nitrogens with one attached hydrogen (secondary N) is 1. The molecule has 0 bridgehead atoms. The Morgan fingerprint density at radius 2 is 2.00 bits per heavy atom. The lowest BCUT2D eigenvalue weighted by Crippen LogP contribution is -2.30. The van der Waals surface area contributed by atoms with Crippen LogP contribution in [0.3, 0.4) is 0 Å². The summed E-state index contributed by atoms with van der Waals surface area (Å²) in [5.74, 6) is 0.959. The summed E-state index contributed by atoms with van der Waals surface area (Å²) in [4.78, 5) is 0. The van der Waals surface area contributed by atoms with Crippen molar-refractivity contribution in [3.8, 4) is 5.75 Å². The molecule has 0 saturated heterocycles. The topological polar surface area (TPSA) is 21.3 Å². The van der Waals surface area contributed by atoms with Crippen LogP contribution < -0.4 is 10.1 Å². The Kier molecular flexibility index (Phi) is 7.51. The maximum Gasteiger partial charge on any atom is 0.119 e. The molecule has 0 aliphatic rings. The van der Waals surface area contributed by atoms with E-state index in [9.17, 15) is 0 Å².